The lowest BCUT2D eigenvalue weighted by Gasteiger charge is -2.31. The van der Waals surface area contributed by atoms with E-state index in [-0.39, 0.29) is 11.8 Å². The van der Waals surface area contributed by atoms with Gasteiger partial charge in [-0.25, -0.2) is 0 Å². The Morgan fingerprint density at radius 2 is 1.79 bits per heavy atom. The number of anilines is 1. The predicted octanol–water partition coefficient (Wildman–Crippen LogP) is 5.35. The second-order valence-electron chi connectivity index (χ2n) is 7.96. The molecule has 1 aromatic heterocycles. The van der Waals surface area contributed by atoms with Crippen molar-refractivity contribution in [3.63, 3.8) is 0 Å². The van der Waals surface area contributed by atoms with E-state index in [2.05, 4.69) is 20.4 Å². The summed E-state index contributed by atoms with van der Waals surface area (Å²) in [5.41, 5.74) is 2.53. The minimum atomic E-state index is 0.0398. The van der Waals surface area contributed by atoms with Gasteiger partial charge in [0, 0.05) is 33.0 Å². The number of aromatic amines is 1. The van der Waals surface area contributed by atoms with Crippen LogP contribution in [0, 0.1) is 5.92 Å². The number of nitrogens with one attached hydrogen (secondary N) is 2. The third-order valence-corrected chi connectivity index (χ3v) is 6.65. The Hall–Kier alpha value is -2.08. The largest absolute Gasteiger partial charge is 0.308 e. The Bertz CT molecular complexity index is 1050. The first-order valence-corrected chi connectivity index (χ1v) is 10.8. The fourth-order valence-electron chi connectivity index (χ4n) is 4.22. The molecule has 1 amide bonds. The van der Waals surface area contributed by atoms with Crippen LogP contribution < -0.4 is 5.32 Å². The predicted molar refractivity (Wildman–Crippen MR) is 117 cm³/mol. The highest BCUT2D eigenvalue weighted by Crippen LogP contribution is 2.37. The van der Waals surface area contributed by atoms with Crippen LogP contribution in [-0.4, -0.2) is 40.1 Å². The molecule has 7 heteroatoms. The fraction of sp³-hybridized carbons (Fsp3) is 0.364. The number of hydrogen-bond acceptors (Lipinski definition) is 3. The Morgan fingerprint density at radius 1 is 1.07 bits per heavy atom. The molecule has 0 spiro atoms. The van der Waals surface area contributed by atoms with Crippen LogP contribution in [0.3, 0.4) is 0 Å². The molecule has 2 heterocycles. The number of rotatable bonds is 4. The molecule has 150 valence electrons. The van der Waals surface area contributed by atoms with Crippen molar-refractivity contribution in [2.45, 2.75) is 31.7 Å². The van der Waals surface area contributed by atoms with E-state index in [1.165, 1.54) is 12.8 Å². The summed E-state index contributed by atoms with van der Waals surface area (Å²) in [4.78, 5) is 15.4. The zero-order valence-corrected chi connectivity index (χ0v) is 17.4. The third kappa shape index (κ3) is 3.75. The molecule has 1 saturated heterocycles. The Labute approximate surface area is 179 Å². The minimum Gasteiger partial charge on any atom is -0.308 e. The molecule has 0 radical (unpaired) electrons. The normalized spacial score (nSPS) is 18.3. The fourth-order valence-corrected chi connectivity index (χ4v) is 4.84. The van der Waals surface area contributed by atoms with Crippen LogP contribution in [0.15, 0.2) is 36.4 Å². The second-order valence-corrected chi connectivity index (χ2v) is 8.77. The van der Waals surface area contributed by atoms with Gasteiger partial charge >= 0.3 is 0 Å². The van der Waals surface area contributed by atoms with Gasteiger partial charge in [0.05, 0.1) is 5.52 Å². The van der Waals surface area contributed by atoms with Crippen molar-refractivity contribution in [2.75, 3.05) is 18.4 Å². The molecule has 1 saturated carbocycles. The highest BCUT2D eigenvalue weighted by atomic mass is 35.5. The molecule has 0 bridgehead atoms. The summed E-state index contributed by atoms with van der Waals surface area (Å²) < 4.78 is 0. The molecule has 0 unspecified atom stereocenters. The maximum atomic E-state index is 12.8. The summed E-state index contributed by atoms with van der Waals surface area (Å²) in [7, 11) is 0. The summed E-state index contributed by atoms with van der Waals surface area (Å²) in [6, 6.07) is 12.1. The van der Waals surface area contributed by atoms with Gasteiger partial charge in [-0.3, -0.25) is 9.89 Å². The number of H-pyrrole nitrogens is 1. The minimum absolute atomic E-state index is 0.0398. The van der Waals surface area contributed by atoms with Crippen LogP contribution in [0.1, 0.15) is 25.7 Å². The summed E-state index contributed by atoms with van der Waals surface area (Å²) in [6.07, 6.45) is 4.44. The second kappa shape index (κ2) is 7.63. The van der Waals surface area contributed by atoms with Crippen LogP contribution in [0.4, 0.5) is 5.82 Å². The van der Waals surface area contributed by atoms with E-state index in [0.29, 0.717) is 15.9 Å². The van der Waals surface area contributed by atoms with Gasteiger partial charge in [0.2, 0.25) is 5.91 Å². The first kappa shape index (κ1) is 18.9. The SMILES string of the molecule is O=C(Nc1n[nH]c2ccc(-c3c(Cl)cccc3Cl)cc12)C1CCN(C2CC2)CC1. The molecule has 0 atom stereocenters. The quantitative estimate of drug-likeness (QED) is 0.588. The molecule has 29 heavy (non-hydrogen) atoms. The molecule has 3 aromatic rings. The average molecular weight is 429 g/mol. The lowest BCUT2D eigenvalue weighted by molar-refractivity contribution is -0.121. The maximum absolute atomic E-state index is 12.8. The number of carbonyl (C=O) groups is 1. The van der Waals surface area contributed by atoms with Crippen LogP contribution in [0.25, 0.3) is 22.0 Å². The van der Waals surface area contributed by atoms with Gasteiger partial charge in [-0.1, -0.05) is 35.3 Å². The van der Waals surface area contributed by atoms with Gasteiger partial charge in [-0.05, 0) is 68.6 Å². The van der Waals surface area contributed by atoms with Crippen molar-refractivity contribution in [3.8, 4) is 11.1 Å². The van der Waals surface area contributed by atoms with Crippen molar-refractivity contribution in [2.24, 2.45) is 5.92 Å². The van der Waals surface area contributed by atoms with Crippen molar-refractivity contribution in [1.29, 1.82) is 0 Å². The van der Waals surface area contributed by atoms with Gasteiger partial charge in [-0.15, -0.1) is 0 Å². The van der Waals surface area contributed by atoms with Crippen molar-refractivity contribution in [3.05, 3.63) is 46.4 Å². The highest BCUT2D eigenvalue weighted by molar-refractivity contribution is 6.39. The number of carbonyl (C=O) groups excluding carboxylic acids is 1. The van der Waals surface area contributed by atoms with Gasteiger partial charge in [0.25, 0.3) is 0 Å². The summed E-state index contributed by atoms with van der Waals surface area (Å²) in [5.74, 6) is 0.646. The first-order valence-electron chi connectivity index (χ1n) is 10.1. The van der Waals surface area contributed by atoms with Crippen molar-refractivity contribution in [1.82, 2.24) is 15.1 Å². The molecule has 5 nitrogen and oxygen atoms in total. The number of halogens is 2. The molecule has 2 aromatic carbocycles. The van der Waals surface area contributed by atoms with Gasteiger partial charge in [0.15, 0.2) is 5.82 Å². The number of piperidine rings is 1. The average Bonchev–Trinajstić information content (AvgIpc) is 3.50. The monoisotopic (exact) mass is 428 g/mol. The zero-order chi connectivity index (χ0) is 20.0. The Balaban J connectivity index is 1.37. The number of amides is 1. The molecular weight excluding hydrogens is 407 g/mol. The van der Waals surface area contributed by atoms with Gasteiger partial charge < -0.3 is 10.2 Å². The van der Waals surface area contributed by atoms with Gasteiger partial charge in [-0.2, -0.15) is 5.10 Å². The molecule has 2 N–H and O–H groups in total. The van der Waals surface area contributed by atoms with Crippen LogP contribution in [0.5, 0.6) is 0 Å². The molecule has 2 aliphatic rings. The van der Waals surface area contributed by atoms with Crippen LogP contribution in [0.2, 0.25) is 10.0 Å². The number of likely N-dealkylation sites (tertiary alicyclic amines) is 1. The lowest BCUT2D eigenvalue weighted by Crippen LogP contribution is -2.39. The highest BCUT2D eigenvalue weighted by Gasteiger charge is 2.33. The van der Waals surface area contributed by atoms with Crippen molar-refractivity contribution >= 4 is 45.8 Å². The Kier molecular flexibility index (Phi) is 4.98. The lowest BCUT2D eigenvalue weighted by atomic mass is 9.95. The number of aromatic nitrogens is 2. The number of benzene rings is 2. The summed E-state index contributed by atoms with van der Waals surface area (Å²) in [5, 5.41) is 12.4. The standard InChI is InChI=1S/C22H22Cl2N4O/c23-17-2-1-3-18(24)20(17)14-4-7-19-16(12-14)21(27-26-19)25-22(29)13-8-10-28(11-9-13)15-5-6-15/h1-4,7,12-13,15H,5-6,8-11H2,(H2,25,26,27,29). The molecule has 5 rings (SSSR count). The summed E-state index contributed by atoms with van der Waals surface area (Å²) >= 11 is 12.7. The summed E-state index contributed by atoms with van der Waals surface area (Å²) in [6.45, 7) is 2.03. The van der Waals surface area contributed by atoms with E-state index in [1.807, 2.05) is 36.4 Å². The number of fused-ring (bicyclic) bond motifs is 1. The number of hydrogen-bond donors (Lipinski definition) is 2. The maximum Gasteiger partial charge on any atom is 0.228 e. The van der Waals surface area contributed by atoms with E-state index in [1.54, 1.807) is 0 Å². The topological polar surface area (TPSA) is 61.0 Å². The van der Waals surface area contributed by atoms with E-state index in [4.69, 9.17) is 23.2 Å². The van der Waals surface area contributed by atoms with E-state index in [0.717, 1.165) is 54.0 Å². The molecular formula is C22H22Cl2N4O. The van der Waals surface area contributed by atoms with E-state index < -0.39 is 0 Å². The van der Waals surface area contributed by atoms with E-state index in [9.17, 15) is 4.79 Å². The number of nitrogens with zero attached hydrogens (tertiary/aromatic N) is 2. The molecule has 2 fully saturated rings. The third-order valence-electron chi connectivity index (χ3n) is 6.02. The molecule has 1 aliphatic heterocycles. The smallest absolute Gasteiger partial charge is 0.228 e. The van der Waals surface area contributed by atoms with E-state index >= 15 is 0 Å². The van der Waals surface area contributed by atoms with Crippen LogP contribution >= 0.6 is 23.2 Å². The Morgan fingerprint density at radius 3 is 2.48 bits per heavy atom. The molecule has 1 aliphatic carbocycles. The zero-order valence-electron chi connectivity index (χ0n) is 15.9. The van der Waals surface area contributed by atoms with Crippen molar-refractivity contribution < 1.29 is 4.79 Å². The van der Waals surface area contributed by atoms with Crippen LogP contribution in [-0.2, 0) is 4.79 Å². The first-order chi connectivity index (χ1) is 14.1. The van der Waals surface area contributed by atoms with Gasteiger partial charge in [0.1, 0.15) is 0 Å².